The maximum atomic E-state index is 6.17. The van der Waals surface area contributed by atoms with Crippen molar-refractivity contribution in [2.45, 2.75) is 25.4 Å². The molecule has 3 heteroatoms. The third kappa shape index (κ3) is 1.37. The molecule has 1 saturated heterocycles. The molecule has 1 spiro atoms. The van der Waals surface area contributed by atoms with E-state index in [1.54, 1.807) is 0 Å². The highest BCUT2D eigenvalue weighted by Crippen LogP contribution is 2.45. The third-order valence-corrected chi connectivity index (χ3v) is 4.90. The Bertz CT molecular complexity index is 362. The molecule has 0 bridgehead atoms. The zero-order valence-electron chi connectivity index (χ0n) is 9.08. The van der Waals surface area contributed by atoms with Crippen LogP contribution in [-0.2, 0) is 16.8 Å². The lowest BCUT2D eigenvalue weighted by Gasteiger charge is -2.45. The van der Waals surface area contributed by atoms with Gasteiger partial charge in [-0.3, -0.25) is 0 Å². The van der Waals surface area contributed by atoms with Gasteiger partial charge in [-0.25, -0.2) is 0 Å². The number of rotatable bonds is 0. The predicted molar refractivity (Wildman–Crippen MR) is 62.3 cm³/mol. The van der Waals surface area contributed by atoms with Crippen molar-refractivity contribution < 1.29 is 4.74 Å². The van der Waals surface area contributed by atoms with Gasteiger partial charge >= 0.3 is 0 Å². The zero-order chi connectivity index (χ0) is 10.3. The van der Waals surface area contributed by atoms with E-state index in [9.17, 15) is 0 Å². The Morgan fingerprint density at radius 2 is 2.53 bits per heavy atom. The van der Waals surface area contributed by atoms with E-state index in [0.717, 1.165) is 32.5 Å². The molecule has 2 atom stereocenters. The van der Waals surface area contributed by atoms with Gasteiger partial charge in [-0.1, -0.05) is 6.92 Å². The minimum Gasteiger partial charge on any atom is -0.369 e. The number of thiophene rings is 1. The fraction of sp³-hybridized carbons (Fsp3) is 0.667. The first-order valence-electron chi connectivity index (χ1n) is 5.74. The lowest BCUT2D eigenvalue weighted by Crippen LogP contribution is -2.50. The van der Waals surface area contributed by atoms with Gasteiger partial charge < -0.3 is 10.1 Å². The van der Waals surface area contributed by atoms with E-state index in [0.29, 0.717) is 5.92 Å². The van der Waals surface area contributed by atoms with Crippen LogP contribution in [0.4, 0.5) is 0 Å². The highest BCUT2D eigenvalue weighted by molar-refractivity contribution is 7.10. The molecule has 2 aliphatic rings. The fourth-order valence-corrected chi connectivity index (χ4v) is 4.12. The van der Waals surface area contributed by atoms with Crippen LogP contribution in [0.2, 0.25) is 0 Å². The van der Waals surface area contributed by atoms with Gasteiger partial charge in [0.1, 0.15) is 5.60 Å². The minimum absolute atomic E-state index is 0.0347. The SMILES string of the molecule is CC1CNCCC12OCCc1ccsc12. The lowest BCUT2D eigenvalue weighted by molar-refractivity contribution is -0.110. The lowest BCUT2D eigenvalue weighted by atomic mass is 9.78. The highest BCUT2D eigenvalue weighted by Gasteiger charge is 2.44. The summed E-state index contributed by atoms with van der Waals surface area (Å²) in [5.74, 6) is 0.587. The molecule has 2 aliphatic heterocycles. The molecule has 0 saturated carbocycles. The summed E-state index contributed by atoms with van der Waals surface area (Å²) < 4.78 is 6.17. The molecule has 0 radical (unpaired) electrons. The molecule has 1 fully saturated rings. The third-order valence-electron chi connectivity index (χ3n) is 3.78. The molecule has 0 aliphatic carbocycles. The molecule has 3 rings (SSSR count). The van der Waals surface area contributed by atoms with Crippen LogP contribution in [0.25, 0.3) is 0 Å². The molecular weight excluding hydrogens is 206 g/mol. The second kappa shape index (κ2) is 3.58. The maximum absolute atomic E-state index is 6.17. The molecule has 1 aromatic heterocycles. The van der Waals surface area contributed by atoms with E-state index in [1.807, 2.05) is 11.3 Å². The summed E-state index contributed by atoms with van der Waals surface area (Å²) >= 11 is 1.88. The first-order valence-corrected chi connectivity index (χ1v) is 6.62. The van der Waals surface area contributed by atoms with Crippen LogP contribution in [0.5, 0.6) is 0 Å². The summed E-state index contributed by atoms with van der Waals surface area (Å²) in [7, 11) is 0. The number of nitrogens with one attached hydrogen (secondary N) is 1. The maximum Gasteiger partial charge on any atom is 0.107 e. The number of fused-ring (bicyclic) bond motifs is 2. The molecule has 82 valence electrons. The number of piperidine rings is 1. The number of ether oxygens (including phenoxy) is 1. The Morgan fingerprint density at radius 3 is 3.40 bits per heavy atom. The first kappa shape index (κ1) is 9.82. The quantitative estimate of drug-likeness (QED) is 0.727. The second-order valence-electron chi connectivity index (χ2n) is 4.62. The normalized spacial score (nSPS) is 35.4. The van der Waals surface area contributed by atoms with Crippen molar-refractivity contribution in [1.82, 2.24) is 5.32 Å². The van der Waals surface area contributed by atoms with Gasteiger partial charge in [-0.05, 0) is 36.4 Å². The van der Waals surface area contributed by atoms with Gasteiger partial charge in [0.15, 0.2) is 0 Å². The van der Waals surface area contributed by atoms with Gasteiger partial charge in [-0.15, -0.1) is 11.3 Å². The van der Waals surface area contributed by atoms with Gasteiger partial charge in [0.25, 0.3) is 0 Å². The fourth-order valence-electron chi connectivity index (χ4n) is 2.87. The van der Waals surface area contributed by atoms with Crippen molar-refractivity contribution in [2.24, 2.45) is 5.92 Å². The van der Waals surface area contributed by atoms with E-state index < -0.39 is 0 Å². The van der Waals surface area contributed by atoms with Gasteiger partial charge in [0, 0.05) is 17.3 Å². The van der Waals surface area contributed by atoms with Crippen molar-refractivity contribution in [3.63, 3.8) is 0 Å². The monoisotopic (exact) mass is 223 g/mol. The zero-order valence-corrected chi connectivity index (χ0v) is 9.90. The summed E-state index contributed by atoms with van der Waals surface area (Å²) in [6, 6.07) is 2.28. The van der Waals surface area contributed by atoms with Crippen molar-refractivity contribution >= 4 is 11.3 Å². The molecule has 0 amide bonds. The van der Waals surface area contributed by atoms with Crippen molar-refractivity contribution in [3.05, 3.63) is 21.9 Å². The average Bonchev–Trinajstić information content (AvgIpc) is 2.72. The summed E-state index contributed by atoms with van der Waals surface area (Å²) in [4.78, 5) is 1.50. The largest absolute Gasteiger partial charge is 0.369 e. The van der Waals surface area contributed by atoms with Crippen molar-refractivity contribution in [2.75, 3.05) is 19.7 Å². The molecular formula is C12H17NOS. The van der Waals surface area contributed by atoms with E-state index in [4.69, 9.17) is 4.74 Å². The smallest absolute Gasteiger partial charge is 0.107 e. The first-order chi connectivity index (χ1) is 7.33. The number of hydrogen-bond acceptors (Lipinski definition) is 3. The Morgan fingerprint density at radius 1 is 1.60 bits per heavy atom. The van der Waals surface area contributed by atoms with E-state index in [2.05, 4.69) is 23.7 Å². The van der Waals surface area contributed by atoms with Crippen molar-refractivity contribution in [3.8, 4) is 0 Å². The molecule has 1 N–H and O–H groups in total. The van der Waals surface area contributed by atoms with Crippen LogP contribution in [-0.4, -0.2) is 19.7 Å². The summed E-state index contributed by atoms with van der Waals surface area (Å²) in [6.45, 7) is 5.37. The standard InChI is InChI=1S/C12H17NOS/c1-9-8-13-5-4-12(9)11-10(2-6-14-12)3-7-15-11/h3,7,9,13H,2,4-6,8H2,1H3. The molecule has 1 aromatic rings. The topological polar surface area (TPSA) is 21.3 Å². The van der Waals surface area contributed by atoms with E-state index in [1.165, 1.54) is 10.4 Å². The molecule has 0 aromatic carbocycles. The summed E-state index contributed by atoms with van der Waals surface area (Å²) in [5, 5.41) is 5.67. The van der Waals surface area contributed by atoms with Crippen LogP contribution in [0, 0.1) is 5.92 Å². The molecule has 2 nitrogen and oxygen atoms in total. The van der Waals surface area contributed by atoms with E-state index in [-0.39, 0.29) is 5.60 Å². The molecule has 3 heterocycles. The van der Waals surface area contributed by atoms with Crippen LogP contribution in [0.3, 0.4) is 0 Å². The molecule has 2 unspecified atom stereocenters. The van der Waals surface area contributed by atoms with Crippen LogP contribution < -0.4 is 5.32 Å². The number of hydrogen-bond donors (Lipinski definition) is 1. The molecule has 15 heavy (non-hydrogen) atoms. The highest BCUT2D eigenvalue weighted by atomic mass is 32.1. The summed E-state index contributed by atoms with van der Waals surface area (Å²) in [5.41, 5.74) is 1.56. The van der Waals surface area contributed by atoms with Gasteiger partial charge in [-0.2, -0.15) is 0 Å². The average molecular weight is 223 g/mol. The van der Waals surface area contributed by atoms with Gasteiger partial charge in [0.2, 0.25) is 0 Å². The van der Waals surface area contributed by atoms with Crippen LogP contribution in [0.1, 0.15) is 23.8 Å². The Balaban J connectivity index is 2.05. The van der Waals surface area contributed by atoms with Crippen molar-refractivity contribution in [1.29, 1.82) is 0 Å². The Labute approximate surface area is 94.6 Å². The van der Waals surface area contributed by atoms with Gasteiger partial charge in [0.05, 0.1) is 6.61 Å². The van der Waals surface area contributed by atoms with E-state index >= 15 is 0 Å². The summed E-state index contributed by atoms with van der Waals surface area (Å²) in [6.07, 6.45) is 2.22. The van der Waals surface area contributed by atoms with Crippen LogP contribution in [0.15, 0.2) is 11.4 Å². The second-order valence-corrected chi connectivity index (χ2v) is 5.53. The Hall–Kier alpha value is -0.380. The predicted octanol–water partition coefficient (Wildman–Crippen LogP) is 2.15. The minimum atomic E-state index is 0.0347. The van der Waals surface area contributed by atoms with Crippen LogP contribution >= 0.6 is 11.3 Å². The Kier molecular flexibility index (Phi) is 2.34.